The van der Waals surface area contributed by atoms with Crippen LogP contribution >= 0.6 is 0 Å². The average Bonchev–Trinajstić information content (AvgIpc) is 2.80. The van der Waals surface area contributed by atoms with Crippen molar-refractivity contribution in [2.75, 3.05) is 0 Å². The Morgan fingerprint density at radius 3 is 2.33 bits per heavy atom. The first-order valence-corrected chi connectivity index (χ1v) is 12.2. The van der Waals surface area contributed by atoms with Gasteiger partial charge in [0.05, 0.1) is 24.4 Å². The van der Waals surface area contributed by atoms with E-state index in [1.54, 1.807) is 6.08 Å². The maximum Gasteiger partial charge on any atom is 0.331 e. The maximum atomic E-state index is 12.0. The molecule has 1 aliphatic rings. The van der Waals surface area contributed by atoms with Crippen LogP contribution < -0.4 is 15.4 Å². The quantitative estimate of drug-likeness (QED) is 0.408. The van der Waals surface area contributed by atoms with Crippen molar-refractivity contribution in [2.45, 2.75) is 104 Å². The molecular formula is C26H40N2O5. The third kappa shape index (κ3) is 8.16. The fourth-order valence-corrected chi connectivity index (χ4v) is 4.19. The Balaban J connectivity index is 2.21. The lowest BCUT2D eigenvalue weighted by atomic mass is 9.87. The minimum absolute atomic E-state index is 0.00443. The molecule has 0 unspecified atom stereocenters. The maximum absolute atomic E-state index is 12.0. The SMILES string of the molecule is CCC(CC)Oc1cccc(CN[C@H]2CC(C(=O)O)=C[C@@H](OC(CC)CC)[C@@H]2NC(C)=O)c1. The van der Waals surface area contributed by atoms with Gasteiger partial charge in [-0.25, -0.2) is 4.79 Å². The van der Waals surface area contributed by atoms with E-state index in [9.17, 15) is 14.7 Å². The lowest BCUT2D eigenvalue weighted by molar-refractivity contribution is -0.133. The summed E-state index contributed by atoms with van der Waals surface area (Å²) in [4.78, 5) is 23.8. The lowest BCUT2D eigenvalue weighted by Crippen LogP contribution is -2.58. The minimum atomic E-state index is -0.957. The van der Waals surface area contributed by atoms with Crippen LogP contribution in [-0.2, 0) is 20.9 Å². The van der Waals surface area contributed by atoms with Crippen molar-refractivity contribution < 1.29 is 24.2 Å². The molecule has 1 aromatic rings. The monoisotopic (exact) mass is 460 g/mol. The second-order valence-corrected chi connectivity index (χ2v) is 8.66. The predicted octanol–water partition coefficient (Wildman–Crippen LogP) is 4.21. The van der Waals surface area contributed by atoms with Gasteiger partial charge in [-0.15, -0.1) is 0 Å². The Morgan fingerprint density at radius 2 is 1.76 bits per heavy atom. The molecule has 1 aromatic carbocycles. The number of hydrogen-bond acceptors (Lipinski definition) is 5. The van der Waals surface area contributed by atoms with Crippen LogP contribution in [0.3, 0.4) is 0 Å². The molecule has 0 aromatic heterocycles. The van der Waals surface area contributed by atoms with Crippen molar-refractivity contribution in [1.29, 1.82) is 0 Å². The third-order valence-electron chi connectivity index (χ3n) is 6.18. The van der Waals surface area contributed by atoms with Crippen LogP contribution in [0.2, 0.25) is 0 Å². The molecule has 0 saturated heterocycles. The highest BCUT2D eigenvalue weighted by molar-refractivity contribution is 5.87. The topological polar surface area (TPSA) is 96.9 Å². The molecule has 0 spiro atoms. The first-order valence-electron chi connectivity index (χ1n) is 12.2. The van der Waals surface area contributed by atoms with E-state index in [2.05, 4.69) is 24.5 Å². The van der Waals surface area contributed by atoms with E-state index in [4.69, 9.17) is 9.47 Å². The molecule has 3 atom stereocenters. The van der Waals surface area contributed by atoms with Gasteiger partial charge >= 0.3 is 5.97 Å². The number of rotatable bonds is 13. The van der Waals surface area contributed by atoms with Crippen LogP contribution in [0.25, 0.3) is 0 Å². The van der Waals surface area contributed by atoms with E-state index in [0.29, 0.717) is 18.5 Å². The number of carbonyl (C=O) groups is 2. The van der Waals surface area contributed by atoms with Crippen molar-refractivity contribution in [3.05, 3.63) is 41.5 Å². The van der Waals surface area contributed by atoms with Crippen LogP contribution in [0.15, 0.2) is 35.9 Å². The van der Waals surface area contributed by atoms with Crippen molar-refractivity contribution in [3.63, 3.8) is 0 Å². The summed E-state index contributed by atoms with van der Waals surface area (Å²) in [5.41, 5.74) is 1.33. The Morgan fingerprint density at radius 1 is 1.09 bits per heavy atom. The minimum Gasteiger partial charge on any atom is -0.490 e. The van der Waals surface area contributed by atoms with Crippen LogP contribution in [0.5, 0.6) is 5.75 Å². The average molecular weight is 461 g/mol. The number of nitrogens with one attached hydrogen (secondary N) is 2. The normalized spacial score (nSPS) is 20.6. The number of hydrogen-bond donors (Lipinski definition) is 3. The molecule has 0 heterocycles. The van der Waals surface area contributed by atoms with Gasteiger partial charge in [0, 0.05) is 25.1 Å². The molecule has 7 nitrogen and oxygen atoms in total. The molecule has 33 heavy (non-hydrogen) atoms. The van der Waals surface area contributed by atoms with Gasteiger partial charge < -0.3 is 25.2 Å². The van der Waals surface area contributed by atoms with Crippen LogP contribution in [-0.4, -0.2) is 47.4 Å². The molecular weight excluding hydrogens is 420 g/mol. The smallest absolute Gasteiger partial charge is 0.331 e. The molecule has 3 N–H and O–H groups in total. The highest BCUT2D eigenvalue weighted by Crippen LogP contribution is 2.25. The second kappa shape index (κ2) is 13.4. The van der Waals surface area contributed by atoms with Gasteiger partial charge in [-0.1, -0.05) is 39.8 Å². The van der Waals surface area contributed by atoms with E-state index < -0.39 is 12.1 Å². The van der Waals surface area contributed by atoms with E-state index in [-0.39, 0.29) is 30.2 Å². The van der Waals surface area contributed by atoms with Gasteiger partial charge in [0.1, 0.15) is 5.75 Å². The molecule has 7 heteroatoms. The van der Waals surface area contributed by atoms with E-state index in [1.807, 2.05) is 38.1 Å². The summed E-state index contributed by atoms with van der Waals surface area (Å²) in [6.07, 6.45) is 5.15. The number of carboxylic acids is 1. The zero-order valence-electron chi connectivity index (χ0n) is 20.6. The van der Waals surface area contributed by atoms with Crippen molar-refractivity contribution in [3.8, 4) is 5.75 Å². The van der Waals surface area contributed by atoms with Crippen LogP contribution in [0.1, 0.15) is 72.3 Å². The van der Waals surface area contributed by atoms with E-state index in [1.165, 1.54) is 6.92 Å². The summed E-state index contributed by atoms with van der Waals surface area (Å²) in [6.45, 7) is 10.3. The molecule has 0 saturated carbocycles. The Hall–Kier alpha value is -2.38. The number of carbonyl (C=O) groups excluding carboxylic acids is 1. The molecule has 2 rings (SSSR count). The predicted molar refractivity (Wildman–Crippen MR) is 129 cm³/mol. The molecule has 1 amide bonds. The van der Waals surface area contributed by atoms with Crippen molar-refractivity contribution >= 4 is 11.9 Å². The zero-order chi connectivity index (χ0) is 24.4. The summed E-state index contributed by atoms with van der Waals surface area (Å²) >= 11 is 0. The highest BCUT2D eigenvalue weighted by Gasteiger charge is 2.37. The number of benzene rings is 1. The summed E-state index contributed by atoms with van der Waals surface area (Å²) < 4.78 is 12.3. The Bertz CT molecular complexity index is 802. The fourth-order valence-electron chi connectivity index (χ4n) is 4.19. The van der Waals surface area contributed by atoms with Crippen LogP contribution in [0, 0.1) is 0 Å². The highest BCUT2D eigenvalue weighted by atomic mass is 16.5. The van der Waals surface area contributed by atoms with Gasteiger partial charge in [-0.05, 0) is 55.9 Å². The zero-order valence-corrected chi connectivity index (χ0v) is 20.6. The Kier molecular flexibility index (Phi) is 10.9. The van der Waals surface area contributed by atoms with Crippen LogP contribution in [0.4, 0.5) is 0 Å². The number of carboxylic acid groups (broad SMARTS) is 1. The van der Waals surface area contributed by atoms with Gasteiger partial charge in [0.2, 0.25) is 5.91 Å². The second-order valence-electron chi connectivity index (χ2n) is 8.66. The summed E-state index contributed by atoms with van der Waals surface area (Å²) in [5.74, 6) is -0.300. The first kappa shape index (κ1) is 26.9. The summed E-state index contributed by atoms with van der Waals surface area (Å²) in [7, 11) is 0. The first-order chi connectivity index (χ1) is 15.8. The molecule has 0 bridgehead atoms. The van der Waals surface area contributed by atoms with Gasteiger partial charge in [-0.2, -0.15) is 0 Å². The van der Waals surface area contributed by atoms with E-state index in [0.717, 1.165) is 37.0 Å². The van der Waals surface area contributed by atoms with Gasteiger partial charge in [0.25, 0.3) is 0 Å². The largest absolute Gasteiger partial charge is 0.490 e. The molecule has 1 aliphatic carbocycles. The van der Waals surface area contributed by atoms with Gasteiger partial charge in [-0.3, -0.25) is 4.79 Å². The van der Waals surface area contributed by atoms with Crippen molar-refractivity contribution in [1.82, 2.24) is 10.6 Å². The molecule has 0 radical (unpaired) electrons. The number of ether oxygens (including phenoxy) is 2. The van der Waals surface area contributed by atoms with Crippen molar-refractivity contribution in [2.24, 2.45) is 0 Å². The van der Waals surface area contributed by atoms with Gasteiger partial charge in [0.15, 0.2) is 0 Å². The molecule has 184 valence electrons. The molecule has 0 aliphatic heterocycles. The third-order valence-corrected chi connectivity index (χ3v) is 6.18. The fraction of sp³-hybridized carbons (Fsp3) is 0.615. The molecule has 0 fully saturated rings. The Labute approximate surface area is 197 Å². The van der Waals surface area contributed by atoms with E-state index >= 15 is 0 Å². The lowest BCUT2D eigenvalue weighted by Gasteiger charge is -2.38. The standard InChI is InChI=1S/C26H40N2O5/c1-6-20(7-2)32-22-12-10-11-18(13-22)16-27-23-14-19(26(30)31)15-24(25(23)28-17(5)29)33-21(8-3)9-4/h10-13,15,20-21,23-25,27H,6-9,14,16H2,1-5H3,(H,28,29)(H,30,31)/t23-,24+,25+/m0/s1. The number of amides is 1. The number of aliphatic carboxylic acids is 1. The summed E-state index contributed by atoms with van der Waals surface area (Å²) in [5, 5.41) is 16.2. The summed E-state index contributed by atoms with van der Waals surface area (Å²) in [6, 6.07) is 7.28.